The zero-order chi connectivity index (χ0) is 21.2. The van der Waals surface area contributed by atoms with Crippen molar-refractivity contribution in [1.82, 2.24) is 14.5 Å². The number of ether oxygens (including phenoxy) is 1. The molecule has 1 aromatic carbocycles. The van der Waals surface area contributed by atoms with Crippen molar-refractivity contribution in [3.05, 3.63) is 28.8 Å². The van der Waals surface area contributed by atoms with E-state index in [-0.39, 0.29) is 17.9 Å². The summed E-state index contributed by atoms with van der Waals surface area (Å²) in [6.45, 7) is 3.58. The third kappa shape index (κ3) is 5.02. The molecular weight excluding hydrogens is 418 g/mol. The average Bonchev–Trinajstić information content (AvgIpc) is 2.68. The average molecular weight is 444 g/mol. The number of benzene rings is 1. The summed E-state index contributed by atoms with van der Waals surface area (Å²) < 4.78 is 30.6. The Morgan fingerprint density at radius 1 is 1.28 bits per heavy atom. The van der Waals surface area contributed by atoms with Crippen molar-refractivity contribution in [2.45, 2.75) is 38.3 Å². The van der Waals surface area contributed by atoms with Crippen LogP contribution in [0.2, 0.25) is 5.02 Å². The minimum Gasteiger partial charge on any atom is -0.489 e. The van der Waals surface area contributed by atoms with Crippen molar-refractivity contribution < 1.29 is 22.7 Å². The van der Waals surface area contributed by atoms with E-state index in [9.17, 15) is 18.0 Å². The molecule has 160 valence electrons. The maximum absolute atomic E-state index is 12.9. The molecule has 0 aromatic heterocycles. The molecule has 0 saturated carbocycles. The Bertz CT molecular complexity index is 884. The normalized spacial score (nSPS) is 21.7. The summed E-state index contributed by atoms with van der Waals surface area (Å²) in [6, 6.07) is 4.38. The first-order valence-corrected chi connectivity index (χ1v) is 11.9. The fourth-order valence-electron chi connectivity index (χ4n) is 3.72. The van der Waals surface area contributed by atoms with Gasteiger partial charge in [-0.1, -0.05) is 18.5 Å². The van der Waals surface area contributed by atoms with Gasteiger partial charge in [-0.25, -0.2) is 12.7 Å². The second-order valence-corrected chi connectivity index (χ2v) is 9.73. The first-order chi connectivity index (χ1) is 13.7. The van der Waals surface area contributed by atoms with Gasteiger partial charge in [0, 0.05) is 31.7 Å². The lowest BCUT2D eigenvalue weighted by Crippen LogP contribution is -2.56. The Morgan fingerprint density at radius 3 is 2.55 bits per heavy atom. The number of sulfonamides is 1. The zero-order valence-corrected chi connectivity index (χ0v) is 18.1. The Morgan fingerprint density at radius 2 is 1.97 bits per heavy atom. The highest BCUT2D eigenvalue weighted by Gasteiger charge is 2.32. The predicted octanol–water partition coefficient (Wildman–Crippen LogP) is 1.49. The zero-order valence-electron chi connectivity index (χ0n) is 16.6. The van der Waals surface area contributed by atoms with Crippen LogP contribution >= 0.6 is 11.6 Å². The second kappa shape index (κ2) is 8.89. The fraction of sp³-hybridized carbons (Fsp3) is 0.579. The second-order valence-electron chi connectivity index (χ2n) is 7.34. The number of nitrogens with zero attached hydrogens (tertiary/aromatic N) is 2. The van der Waals surface area contributed by atoms with Gasteiger partial charge in [-0.15, -0.1) is 0 Å². The molecule has 8 nitrogen and oxygen atoms in total. The molecule has 2 heterocycles. The number of carbonyl (C=O) groups excluding carboxylic acids is 2. The number of hydrogen-bond acceptors (Lipinski definition) is 5. The summed E-state index contributed by atoms with van der Waals surface area (Å²) in [4.78, 5) is 26.5. The van der Waals surface area contributed by atoms with Gasteiger partial charge in [-0.3, -0.25) is 9.59 Å². The molecule has 10 heteroatoms. The standard InChI is InChI=1S/C19H26ClN3O5S/c1-3-16-18(24)21-8-11-23(16)19(25)13-4-5-17(15(20)12-13)28-14-6-9-22(10-7-14)29(2,26)27/h4-5,12,14,16H,3,6-11H2,1-2H3,(H,21,24). The summed E-state index contributed by atoms with van der Waals surface area (Å²) in [5, 5.41) is 3.09. The first kappa shape index (κ1) is 21.9. The van der Waals surface area contributed by atoms with E-state index < -0.39 is 16.1 Å². The molecule has 1 aromatic rings. The van der Waals surface area contributed by atoms with Crippen LogP contribution in [0.4, 0.5) is 0 Å². The van der Waals surface area contributed by atoms with Gasteiger partial charge in [0.05, 0.1) is 11.3 Å². The fourth-order valence-corrected chi connectivity index (χ4v) is 4.82. The van der Waals surface area contributed by atoms with E-state index in [1.54, 1.807) is 23.1 Å². The van der Waals surface area contributed by atoms with Crippen LogP contribution in [0.25, 0.3) is 0 Å². The van der Waals surface area contributed by atoms with Gasteiger partial charge >= 0.3 is 0 Å². The van der Waals surface area contributed by atoms with E-state index in [4.69, 9.17) is 16.3 Å². The van der Waals surface area contributed by atoms with E-state index in [0.717, 1.165) is 0 Å². The third-order valence-electron chi connectivity index (χ3n) is 5.32. The summed E-state index contributed by atoms with van der Waals surface area (Å²) in [5.74, 6) is 0.0876. The number of hydrogen-bond donors (Lipinski definition) is 1. The summed E-state index contributed by atoms with van der Waals surface area (Å²) in [7, 11) is -3.19. The number of halogens is 1. The maximum atomic E-state index is 12.9. The third-order valence-corrected chi connectivity index (χ3v) is 6.92. The molecule has 2 aliphatic rings. The van der Waals surface area contributed by atoms with E-state index in [0.29, 0.717) is 61.8 Å². The Labute approximate surface area is 176 Å². The lowest BCUT2D eigenvalue weighted by molar-refractivity contribution is -0.127. The van der Waals surface area contributed by atoms with Crippen molar-refractivity contribution in [3.63, 3.8) is 0 Å². The molecule has 2 amide bonds. The Hall–Kier alpha value is -1.84. The molecule has 3 rings (SSSR count). The van der Waals surface area contributed by atoms with Gasteiger partial charge in [0.25, 0.3) is 5.91 Å². The summed E-state index contributed by atoms with van der Waals surface area (Å²) >= 11 is 6.35. The number of piperidine rings is 1. The minimum atomic E-state index is -3.19. The van der Waals surface area contributed by atoms with Crippen molar-refractivity contribution in [3.8, 4) is 5.75 Å². The quantitative estimate of drug-likeness (QED) is 0.743. The highest BCUT2D eigenvalue weighted by molar-refractivity contribution is 7.88. The van der Waals surface area contributed by atoms with Crippen LogP contribution < -0.4 is 10.1 Å². The molecule has 1 unspecified atom stereocenters. The van der Waals surface area contributed by atoms with E-state index >= 15 is 0 Å². The number of piperazine rings is 1. The van der Waals surface area contributed by atoms with Crippen molar-refractivity contribution >= 4 is 33.4 Å². The van der Waals surface area contributed by atoms with Gasteiger partial charge < -0.3 is 15.0 Å². The minimum absolute atomic E-state index is 0.137. The highest BCUT2D eigenvalue weighted by atomic mass is 35.5. The van der Waals surface area contributed by atoms with E-state index in [1.165, 1.54) is 10.6 Å². The molecular formula is C19H26ClN3O5S. The van der Waals surface area contributed by atoms with Crippen molar-refractivity contribution in [2.24, 2.45) is 0 Å². The SMILES string of the molecule is CCC1C(=O)NCCN1C(=O)c1ccc(OC2CCN(S(C)(=O)=O)CC2)c(Cl)c1. The number of amides is 2. The molecule has 2 fully saturated rings. The Balaban J connectivity index is 1.66. The van der Waals surface area contributed by atoms with Gasteiger partial charge in [0.2, 0.25) is 15.9 Å². The first-order valence-electron chi connectivity index (χ1n) is 9.70. The number of nitrogens with one attached hydrogen (secondary N) is 1. The van der Waals surface area contributed by atoms with Gasteiger partial charge in [0.1, 0.15) is 17.9 Å². The molecule has 0 bridgehead atoms. The maximum Gasteiger partial charge on any atom is 0.254 e. The molecule has 0 spiro atoms. The van der Waals surface area contributed by atoms with Gasteiger partial charge in [-0.2, -0.15) is 0 Å². The van der Waals surface area contributed by atoms with Gasteiger partial charge in [-0.05, 0) is 37.5 Å². The molecule has 0 aliphatic carbocycles. The molecule has 0 radical (unpaired) electrons. The molecule has 1 atom stereocenters. The Kier molecular flexibility index (Phi) is 6.70. The lowest BCUT2D eigenvalue weighted by atomic mass is 10.1. The van der Waals surface area contributed by atoms with Crippen molar-refractivity contribution in [1.29, 1.82) is 0 Å². The van der Waals surface area contributed by atoms with Crippen LogP contribution in [-0.2, 0) is 14.8 Å². The van der Waals surface area contributed by atoms with E-state index in [1.807, 2.05) is 6.92 Å². The van der Waals surface area contributed by atoms with Crippen LogP contribution in [0, 0.1) is 0 Å². The van der Waals surface area contributed by atoms with Crippen LogP contribution in [0.3, 0.4) is 0 Å². The van der Waals surface area contributed by atoms with Crippen LogP contribution in [0.15, 0.2) is 18.2 Å². The van der Waals surface area contributed by atoms with Gasteiger partial charge in [0.15, 0.2) is 0 Å². The smallest absolute Gasteiger partial charge is 0.254 e. The van der Waals surface area contributed by atoms with Crippen LogP contribution in [0.5, 0.6) is 5.75 Å². The monoisotopic (exact) mass is 443 g/mol. The molecule has 1 N–H and O–H groups in total. The molecule has 2 aliphatic heterocycles. The van der Waals surface area contributed by atoms with Crippen molar-refractivity contribution in [2.75, 3.05) is 32.4 Å². The molecule has 2 saturated heterocycles. The predicted molar refractivity (Wildman–Crippen MR) is 110 cm³/mol. The summed E-state index contributed by atoms with van der Waals surface area (Å²) in [5.41, 5.74) is 0.405. The largest absolute Gasteiger partial charge is 0.489 e. The lowest BCUT2D eigenvalue weighted by Gasteiger charge is -2.34. The molecule has 29 heavy (non-hydrogen) atoms. The highest BCUT2D eigenvalue weighted by Crippen LogP contribution is 2.29. The topological polar surface area (TPSA) is 96.0 Å². The number of carbonyl (C=O) groups is 2. The van der Waals surface area contributed by atoms with Crippen LogP contribution in [0.1, 0.15) is 36.5 Å². The van der Waals surface area contributed by atoms with E-state index in [2.05, 4.69) is 5.32 Å². The van der Waals surface area contributed by atoms with Crippen LogP contribution in [-0.4, -0.2) is 74.0 Å². The number of rotatable bonds is 5. The summed E-state index contributed by atoms with van der Waals surface area (Å²) in [6.07, 6.45) is 2.76.